The zero-order valence-corrected chi connectivity index (χ0v) is 16.2. The van der Waals surface area contributed by atoms with Gasteiger partial charge in [-0.15, -0.1) is 0 Å². The van der Waals surface area contributed by atoms with Crippen LogP contribution in [0, 0.1) is 0 Å². The predicted molar refractivity (Wildman–Crippen MR) is 111 cm³/mol. The molecule has 0 unspecified atom stereocenters. The highest BCUT2D eigenvalue weighted by atomic mass is 16.5. The molecule has 2 aliphatic rings. The lowest BCUT2D eigenvalue weighted by Gasteiger charge is -2.35. The molecule has 28 heavy (non-hydrogen) atoms. The van der Waals surface area contributed by atoms with Gasteiger partial charge in [0.15, 0.2) is 0 Å². The summed E-state index contributed by atoms with van der Waals surface area (Å²) in [5.74, 6) is 0. The molecule has 0 spiro atoms. The van der Waals surface area contributed by atoms with Crippen LogP contribution < -0.4 is 10.2 Å². The number of carbonyl (C=O) groups excluding carboxylic acids is 1. The van der Waals surface area contributed by atoms with Crippen LogP contribution in [-0.4, -0.2) is 49.1 Å². The Morgan fingerprint density at radius 1 is 0.964 bits per heavy atom. The normalized spacial score (nSPS) is 16.4. The lowest BCUT2D eigenvalue weighted by Crippen LogP contribution is -2.44. The molecule has 1 saturated heterocycles. The third-order valence-corrected chi connectivity index (χ3v) is 5.33. The molecular formula is C22H26N4O2. The molecule has 2 aromatic carbocycles. The van der Waals surface area contributed by atoms with Crippen LogP contribution >= 0.6 is 0 Å². The molecule has 0 atom stereocenters. The minimum atomic E-state index is -0.0532. The monoisotopic (exact) mass is 378 g/mol. The van der Waals surface area contributed by atoms with E-state index in [2.05, 4.69) is 39.4 Å². The minimum Gasteiger partial charge on any atom is -0.503 e. The Morgan fingerprint density at radius 2 is 1.61 bits per heavy atom. The second kappa shape index (κ2) is 8.25. The van der Waals surface area contributed by atoms with Gasteiger partial charge < -0.3 is 24.8 Å². The number of rotatable bonds is 4. The topological polar surface area (TPSA) is 48.1 Å². The van der Waals surface area contributed by atoms with Crippen molar-refractivity contribution in [1.29, 1.82) is 0 Å². The molecule has 6 nitrogen and oxygen atoms in total. The maximum absolute atomic E-state index is 12.6. The highest BCUT2D eigenvalue weighted by Crippen LogP contribution is 2.24. The summed E-state index contributed by atoms with van der Waals surface area (Å²) in [6.45, 7) is 5.20. The number of methoxy groups -OCH3 is 1. The Balaban J connectivity index is 1.31. The number of amides is 2. The lowest BCUT2D eigenvalue weighted by atomic mass is 10.1. The van der Waals surface area contributed by atoms with Crippen LogP contribution in [0.5, 0.6) is 0 Å². The van der Waals surface area contributed by atoms with Crippen LogP contribution in [0.15, 0.2) is 61.0 Å². The lowest BCUT2D eigenvalue weighted by molar-refractivity contribution is 0.212. The molecule has 0 radical (unpaired) electrons. The van der Waals surface area contributed by atoms with Gasteiger partial charge in [0.25, 0.3) is 0 Å². The fraction of sp³-hybridized carbons (Fsp3) is 0.318. The number of nitrogens with zero attached hydrogens (tertiary/aromatic N) is 3. The van der Waals surface area contributed by atoms with E-state index in [0.717, 1.165) is 31.9 Å². The van der Waals surface area contributed by atoms with Gasteiger partial charge in [-0.05, 0) is 35.4 Å². The van der Waals surface area contributed by atoms with E-state index in [1.165, 1.54) is 16.8 Å². The van der Waals surface area contributed by atoms with Crippen molar-refractivity contribution in [3.8, 4) is 0 Å². The minimum absolute atomic E-state index is 0.0532. The third kappa shape index (κ3) is 4.06. The SMILES string of the molecule is COC=CN1CCN(c2ccc(NC(=O)N3Cc4ccccc4C3)cc2)CC1. The second-order valence-electron chi connectivity index (χ2n) is 7.15. The molecular weight excluding hydrogens is 352 g/mol. The van der Waals surface area contributed by atoms with Crippen LogP contribution in [-0.2, 0) is 17.8 Å². The van der Waals surface area contributed by atoms with Crippen molar-refractivity contribution in [3.05, 3.63) is 72.1 Å². The maximum Gasteiger partial charge on any atom is 0.322 e. The molecule has 0 saturated carbocycles. The van der Waals surface area contributed by atoms with Crippen molar-refractivity contribution in [2.45, 2.75) is 13.1 Å². The van der Waals surface area contributed by atoms with Gasteiger partial charge in [0.2, 0.25) is 0 Å². The first-order chi connectivity index (χ1) is 13.7. The number of piperazine rings is 1. The van der Waals surface area contributed by atoms with Gasteiger partial charge in [-0.2, -0.15) is 0 Å². The van der Waals surface area contributed by atoms with E-state index in [4.69, 9.17) is 4.74 Å². The number of nitrogens with one attached hydrogen (secondary N) is 1. The Hall–Kier alpha value is -3.15. The molecule has 2 aromatic rings. The first-order valence-electron chi connectivity index (χ1n) is 9.64. The van der Waals surface area contributed by atoms with Crippen LogP contribution in [0.3, 0.4) is 0 Å². The summed E-state index contributed by atoms with van der Waals surface area (Å²) in [6.07, 6.45) is 3.71. The molecule has 2 heterocycles. The number of anilines is 2. The van der Waals surface area contributed by atoms with Crippen LogP contribution in [0.4, 0.5) is 16.2 Å². The smallest absolute Gasteiger partial charge is 0.322 e. The largest absolute Gasteiger partial charge is 0.503 e. The zero-order valence-electron chi connectivity index (χ0n) is 16.2. The van der Waals surface area contributed by atoms with Crippen molar-refractivity contribution in [3.63, 3.8) is 0 Å². The number of fused-ring (bicyclic) bond motifs is 1. The quantitative estimate of drug-likeness (QED) is 0.828. The van der Waals surface area contributed by atoms with E-state index in [-0.39, 0.29) is 6.03 Å². The average Bonchev–Trinajstić information content (AvgIpc) is 3.18. The zero-order chi connectivity index (χ0) is 19.3. The van der Waals surface area contributed by atoms with E-state index in [0.29, 0.717) is 13.1 Å². The molecule has 0 aromatic heterocycles. The van der Waals surface area contributed by atoms with Gasteiger partial charge in [0.05, 0.1) is 13.4 Å². The Kier molecular flexibility index (Phi) is 5.37. The average molecular weight is 378 g/mol. The molecule has 6 heteroatoms. The predicted octanol–water partition coefficient (Wildman–Crippen LogP) is 3.47. The van der Waals surface area contributed by atoms with E-state index < -0.39 is 0 Å². The molecule has 1 fully saturated rings. The molecule has 0 bridgehead atoms. The Labute approximate surface area is 166 Å². The first kappa shape index (κ1) is 18.2. The number of hydrogen-bond acceptors (Lipinski definition) is 4. The van der Waals surface area contributed by atoms with Gasteiger partial charge in [-0.25, -0.2) is 4.79 Å². The number of ether oxygens (including phenoxy) is 1. The number of hydrogen-bond donors (Lipinski definition) is 1. The van der Waals surface area contributed by atoms with E-state index in [1.807, 2.05) is 35.4 Å². The molecule has 4 rings (SSSR count). The van der Waals surface area contributed by atoms with Crippen molar-refractivity contribution in [1.82, 2.24) is 9.80 Å². The van der Waals surface area contributed by atoms with E-state index >= 15 is 0 Å². The molecule has 0 aliphatic carbocycles. The van der Waals surface area contributed by atoms with Crippen LogP contribution in [0.25, 0.3) is 0 Å². The number of benzene rings is 2. The Bertz CT molecular complexity index is 817. The molecule has 2 aliphatic heterocycles. The number of urea groups is 1. The van der Waals surface area contributed by atoms with E-state index in [1.54, 1.807) is 13.4 Å². The Morgan fingerprint density at radius 3 is 2.21 bits per heavy atom. The molecule has 146 valence electrons. The maximum atomic E-state index is 12.6. The molecule has 2 amide bonds. The summed E-state index contributed by atoms with van der Waals surface area (Å²) in [6, 6.07) is 16.3. The standard InChI is InChI=1S/C22H26N4O2/c1-28-15-14-24-10-12-25(13-11-24)21-8-6-20(7-9-21)23-22(27)26-16-18-4-2-3-5-19(18)17-26/h2-9,14-15H,10-13,16-17H2,1H3,(H,23,27). The van der Waals surface area contributed by atoms with Gasteiger partial charge in [0.1, 0.15) is 0 Å². The van der Waals surface area contributed by atoms with Crippen molar-refractivity contribution in [2.75, 3.05) is 43.5 Å². The third-order valence-electron chi connectivity index (χ3n) is 5.33. The summed E-state index contributed by atoms with van der Waals surface area (Å²) in [7, 11) is 1.66. The summed E-state index contributed by atoms with van der Waals surface area (Å²) >= 11 is 0. The fourth-order valence-electron chi connectivity index (χ4n) is 3.71. The van der Waals surface area contributed by atoms with Crippen molar-refractivity contribution >= 4 is 17.4 Å². The van der Waals surface area contributed by atoms with Crippen LogP contribution in [0.2, 0.25) is 0 Å². The molecule has 1 N–H and O–H groups in total. The second-order valence-corrected chi connectivity index (χ2v) is 7.15. The van der Waals surface area contributed by atoms with Crippen LogP contribution in [0.1, 0.15) is 11.1 Å². The van der Waals surface area contributed by atoms with Crippen molar-refractivity contribution in [2.24, 2.45) is 0 Å². The van der Waals surface area contributed by atoms with Gasteiger partial charge in [-0.3, -0.25) is 0 Å². The van der Waals surface area contributed by atoms with Gasteiger partial charge in [-0.1, -0.05) is 24.3 Å². The summed E-state index contributed by atoms with van der Waals surface area (Å²) in [5, 5.41) is 3.02. The van der Waals surface area contributed by atoms with Crippen molar-refractivity contribution < 1.29 is 9.53 Å². The fourth-order valence-corrected chi connectivity index (χ4v) is 3.71. The highest BCUT2D eigenvalue weighted by molar-refractivity contribution is 5.89. The highest BCUT2D eigenvalue weighted by Gasteiger charge is 2.23. The van der Waals surface area contributed by atoms with Gasteiger partial charge >= 0.3 is 6.03 Å². The summed E-state index contributed by atoms with van der Waals surface area (Å²) < 4.78 is 4.98. The van der Waals surface area contributed by atoms with Gasteiger partial charge in [0, 0.05) is 56.8 Å². The summed E-state index contributed by atoms with van der Waals surface area (Å²) in [4.78, 5) is 19.0. The summed E-state index contributed by atoms with van der Waals surface area (Å²) in [5.41, 5.74) is 4.47. The van der Waals surface area contributed by atoms with E-state index in [9.17, 15) is 4.79 Å². The number of carbonyl (C=O) groups is 1. The first-order valence-corrected chi connectivity index (χ1v) is 9.64.